The Morgan fingerprint density at radius 3 is 2.77 bits per heavy atom. The van der Waals surface area contributed by atoms with Gasteiger partial charge < -0.3 is 10.2 Å². The van der Waals surface area contributed by atoms with Crippen LogP contribution in [0.25, 0.3) is 0 Å². The Balaban J connectivity index is 2.06. The average Bonchev–Trinajstić information content (AvgIpc) is 2.46. The standard InChI is InChI=1S/C17H22BrN3S/c1-4-22-16-10-15(18)6-5-14(16)11-20-17-9-13(7-8-19-17)12-21(2)3/h5-10H,4,11-12H2,1-3H3,(H,19,20). The summed E-state index contributed by atoms with van der Waals surface area (Å²) in [5.41, 5.74) is 2.57. The number of aromatic nitrogens is 1. The lowest BCUT2D eigenvalue weighted by Crippen LogP contribution is -2.11. The van der Waals surface area contributed by atoms with E-state index in [4.69, 9.17) is 0 Å². The molecule has 1 heterocycles. The van der Waals surface area contributed by atoms with Gasteiger partial charge >= 0.3 is 0 Å². The van der Waals surface area contributed by atoms with Gasteiger partial charge in [-0.1, -0.05) is 28.9 Å². The van der Waals surface area contributed by atoms with E-state index in [1.54, 1.807) is 0 Å². The SMILES string of the molecule is CCSc1cc(Br)ccc1CNc1cc(CN(C)C)ccn1. The molecular weight excluding hydrogens is 358 g/mol. The van der Waals surface area contributed by atoms with Crippen molar-refractivity contribution in [3.63, 3.8) is 0 Å². The van der Waals surface area contributed by atoms with Crippen LogP contribution in [0, 0.1) is 0 Å². The highest BCUT2D eigenvalue weighted by Gasteiger charge is 2.05. The zero-order chi connectivity index (χ0) is 15.9. The Morgan fingerprint density at radius 1 is 1.23 bits per heavy atom. The maximum atomic E-state index is 4.41. The first-order valence-corrected chi connectivity index (χ1v) is 9.11. The fourth-order valence-electron chi connectivity index (χ4n) is 2.18. The third-order valence-electron chi connectivity index (χ3n) is 3.11. The van der Waals surface area contributed by atoms with Crippen molar-refractivity contribution in [2.75, 3.05) is 25.2 Å². The lowest BCUT2D eigenvalue weighted by molar-refractivity contribution is 0.402. The number of benzene rings is 1. The molecule has 0 aliphatic heterocycles. The fraction of sp³-hybridized carbons (Fsp3) is 0.353. The Morgan fingerprint density at radius 2 is 2.05 bits per heavy atom. The molecule has 0 unspecified atom stereocenters. The van der Waals surface area contributed by atoms with E-state index in [9.17, 15) is 0 Å². The van der Waals surface area contributed by atoms with Gasteiger partial charge in [-0.3, -0.25) is 0 Å². The summed E-state index contributed by atoms with van der Waals surface area (Å²) in [7, 11) is 4.15. The quantitative estimate of drug-likeness (QED) is 0.709. The van der Waals surface area contributed by atoms with Gasteiger partial charge in [0, 0.05) is 28.7 Å². The highest BCUT2D eigenvalue weighted by atomic mass is 79.9. The topological polar surface area (TPSA) is 28.2 Å². The van der Waals surface area contributed by atoms with Crippen molar-refractivity contribution >= 4 is 33.5 Å². The molecule has 2 rings (SSSR count). The van der Waals surface area contributed by atoms with Gasteiger partial charge in [0.15, 0.2) is 0 Å². The Hall–Kier alpha value is -1.04. The molecule has 1 aromatic carbocycles. The molecule has 0 atom stereocenters. The number of rotatable bonds is 7. The van der Waals surface area contributed by atoms with Crippen LogP contribution in [0.3, 0.4) is 0 Å². The number of thioether (sulfide) groups is 1. The highest BCUT2D eigenvalue weighted by molar-refractivity contribution is 9.10. The molecule has 0 aliphatic rings. The molecule has 0 radical (unpaired) electrons. The van der Waals surface area contributed by atoms with E-state index in [1.165, 1.54) is 16.0 Å². The van der Waals surface area contributed by atoms with Crippen LogP contribution in [-0.2, 0) is 13.1 Å². The van der Waals surface area contributed by atoms with Crippen molar-refractivity contribution in [1.29, 1.82) is 0 Å². The van der Waals surface area contributed by atoms with E-state index in [0.29, 0.717) is 0 Å². The predicted molar refractivity (Wildman–Crippen MR) is 99.5 cm³/mol. The maximum Gasteiger partial charge on any atom is 0.126 e. The van der Waals surface area contributed by atoms with E-state index in [2.05, 4.69) is 82.5 Å². The summed E-state index contributed by atoms with van der Waals surface area (Å²) in [6.45, 7) is 3.88. The molecule has 3 nitrogen and oxygen atoms in total. The van der Waals surface area contributed by atoms with Crippen molar-refractivity contribution in [3.8, 4) is 0 Å². The number of pyridine rings is 1. The average molecular weight is 380 g/mol. The van der Waals surface area contributed by atoms with E-state index in [-0.39, 0.29) is 0 Å². The second kappa shape index (κ2) is 8.56. The molecule has 1 N–H and O–H groups in total. The summed E-state index contributed by atoms with van der Waals surface area (Å²) in [5.74, 6) is 2.00. The molecule has 22 heavy (non-hydrogen) atoms. The number of halogens is 1. The van der Waals surface area contributed by atoms with Crippen molar-refractivity contribution < 1.29 is 0 Å². The van der Waals surface area contributed by atoms with Gasteiger partial charge in [-0.2, -0.15) is 0 Å². The largest absolute Gasteiger partial charge is 0.366 e. The van der Waals surface area contributed by atoms with Gasteiger partial charge in [-0.15, -0.1) is 11.8 Å². The first-order valence-electron chi connectivity index (χ1n) is 7.33. The molecule has 0 fully saturated rings. The molecule has 0 saturated carbocycles. The number of hydrogen-bond acceptors (Lipinski definition) is 4. The van der Waals surface area contributed by atoms with Gasteiger partial charge in [0.25, 0.3) is 0 Å². The van der Waals surface area contributed by atoms with Crippen LogP contribution in [0.2, 0.25) is 0 Å². The summed E-state index contributed by atoms with van der Waals surface area (Å²) in [5, 5.41) is 3.43. The minimum atomic E-state index is 0.786. The molecular formula is C17H22BrN3S. The number of hydrogen-bond donors (Lipinski definition) is 1. The summed E-state index contributed by atoms with van der Waals surface area (Å²) < 4.78 is 1.12. The smallest absolute Gasteiger partial charge is 0.126 e. The third kappa shape index (κ3) is 5.30. The van der Waals surface area contributed by atoms with Gasteiger partial charge in [0.1, 0.15) is 5.82 Å². The van der Waals surface area contributed by atoms with Crippen LogP contribution < -0.4 is 5.32 Å². The van der Waals surface area contributed by atoms with Gasteiger partial charge in [-0.25, -0.2) is 4.98 Å². The van der Waals surface area contributed by atoms with Crippen molar-refractivity contribution in [2.24, 2.45) is 0 Å². The molecule has 0 bridgehead atoms. The van der Waals surface area contributed by atoms with Gasteiger partial charge in [0.05, 0.1) is 0 Å². The van der Waals surface area contributed by atoms with Crippen LogP contribution in [-0.4, -0.2) is 29.7 Å². The number of anilines is 1. The van der Waals surface area contributed by atoms with Crippen molar-refractivity contribution in [3.05, 3.63) is 52.1 Å². The summed E-state index contributed by atoms with van der Waals surface area (Å²) in [6.07, 6.45) is 1.87. The second-order valence-electron chi connectivity index (χ2n) is 5.33. The molecule has 0 amide bonds. The molecule has 5 heteroatoms. The van der Waals surface area contributed by atoms with Crippen LogP contribution in [0.15, 0.2) is 45.9 Å². The molecule has 0 spiro atoms. The fourth-order valence-corrected chi connectivity index (χ4v) is 3.54. The highest BCUT2D eigenvalue weighted by Crippen LogP contribution is 2.27. The van der Waals surface area contributed by atoms with E-state index < -0.39 is 0 Å². The zero-order valence-electron chi connectivity index (χ0n) is 13.3. The molecule has 0 aliphatic carbocycles. The molecule has 1 aromatic heterocycles. The van der Waals surface area contributed by atoms with Crippen LogP contribution in [0.1, 0.15) is 18.1 Å². The number of nitrogens with zero attached hydrogens (tertiary/aromatic N) is 2. The molecule has 118 valence electrons. The maximum absolute atomic E-state index is 4.41. The van der Waals surface area contributed by atoms with Crippen molar-refractivity contribution in [1.82, 2.24) is 9.88 Å². The van der Waals surface area contributed by atoms with Crippen LogP contribution in [0.4, 0.5) is 5.82 Å². The summed E-state index contributed by atoms with van der Waals surface area (Å²) >= 11 is 5.41. The Bertz CT molecular complexity index is 617. The van der Waals surface area contributed by atoms with Crippen LogP contribution >= 0.6 is 27.7 Å². The van der Waals surface area contributed by atoms with Gasteiger partial charge in [0.2, 0.25) is 0 Å². The third-order valence-corrected chi connectivity index (χ3v) is 4.59. The minimum absolute atomic E-state index is 0.786. The minimum Gasteiger partial charge on any atom is -0.366 e. The Labute approximate surface area is 145 Å². The van der Waals surface area contributed by atoms with Gasteiger partial charge in [-0.05, 0) is 55.2 Å². The Kier molecular flexibility index (Phi) is 6.73. The molecule has 0 saturated heterocycles. The van der Waals surface area contributed by atoms with Crippen LogP contribution in [0.5, 0.6) is 0 Å². The second-order valence-corrected chi connectivity index (χ2v) is 7.55. The lowest BCUT2D eigenvalue weighted by atomic mass is 10.2. The zero-order valence-corrected chi connectivity index (χ0v) is 15.7. The van der Waals surface area contributed by atoms with E-state index >= 15 is 0 Å². The normalized spacial score (nSPS) is 11.0. The lowest BCUT2D eigenvalue weighted by Gasteiger charge is -2.13. The predicted octanol–water partition coefficient (Wildman–Crippen LogP) is 4.63. The first kappa shape index (κ1) is 17.3. The van der Waals surface area contributed by atoms with E-state index in [0.717, 1.165) is 29.1 Å². The van der Waals surface area contributed by atoms with Crippen molar-refractivity contribution in [2.45, 2.75) is 24.9 Å². The summed E-state index contributed by atoms with van der Waals surface area (Å²) in [4.78, 5) is 7.88. The first-order chi connectivity index (χ1) is 10.6. The van der Waals surface area contributed by atoms with E-state index in [1.807, 2.05) is 18.0 Å². The monoisotopic (exact) mass is 379 g/mol. The number of nitrogens with one attached hydrogen (secondary N) is 1. The molecule has 2 aromatic rings. The summed E-state index contributed by atoms with van der Waals surface area (Å²) in [6, 6.07) is 10.6.